The molecule has 0 aromatic rings. The number of rotatable bonds is 7. The van der Waals surface area contributed by atoms with Gasteiger partial charge in [0.25, 0.3) is 0 Å². The summed E-state index contributed by atoms with van der Waals surface area (Å²) in [4.78, 5) is 0. The van der Waals surface area contributed by atoms with Crippen LogP contribution in [0.3, 0.4) is 0 Å². The van der Waals surface area contributed by atoms with Crippen molar-refractivity contribution in [1.29, 1.82) is 0 Å². The minimum Gasteiger partial charge on any atom is -0.367 e. The van der Waals surface area contributed by atoms with E-state index in [0.29, 0.717) is 0 Å². The Morgan fingerprint density at radius 1 is 0.933 bits per heavy atom. The van der Waals surface area contributed by atoms with Crippen molar-refractivity contribution in [1.82, 2.24) is 0 Å². The quantitative estimate of drug-likeness (QED) is 0.382. The molecule has 4 heteroatoms. The summed E-state index contributed by atoms with van der Waals surface area (Å²) in [5, 5.41) is 0. The van der Waals surface area contributed by atoms with Crippen LogP contribution in [0.2, 0.25) is 0 Å². The van der Waals surface area contributed by atoms with Gasteiger partial charge in [-0.15, -0.1) is 5.92 Å². The molecule has 0 aliphatic heterocycles. The number of hydrogen-bond donors (Lipinski definition) is 0. The summed E-state index contributed by atoms with van der Waals surface area (Å²) in [6.45, 7) is 2.20. The van der Waals surface area contributed by atoms with Gasteiger partial charge in [-0.3, -0.25) is 0 Å². The highest BCUT2D eigenvalue weighted by atomic mass is 28.4. The molecule has 0 aromatic carbocycles. The molecule has 0 heterocycles. The van der Waals surface area contributed by atoms with Gasteiger partial charge < -0.3 is 13.3 Å². The molecule has 0 N–H and O–H groups in total. The van der Waals surface area contributed by atoms with Crippen LogP contribution in [0.25, 0.3) is 0 Å². The monoisotopic (exact) mass is 230 g/mol. The molecule has 0 saturated carbocycles. The molecular weight excluding hydrogens is 208 g/mol. The second-order valence-electron chi connectivity index (χ2n) is 3.28. The Labute approximate surface area is 94.5 Å². The SMILES string of the molecule is CCCCCCC#C[Si](OC)(OC)OC. The van der Waals surface area contributed by atoms with Crippen LogP contribution in [0.5, 0.6) is 0 Å². The van der Waals surface area contributed by atoms with Gasteiger partial charge >= 0.3 is 8.80 Å². The highest BCUT2D eigenvalue weighted by molar-refractivity contribution is 6.69. The molecule has 0 aliphatic rings. The lowest BCUT2D eigenvalue weighted by Gasteiger charge is -2.17. The lowest BCUT2D eigenvalue weighted by atomic mass is 10.2. The maximum Gasteiger partial charge on any atom is 0.590 e. The average Bonchev–Trinajstić information content (AvgIpc) is 2.29. The molecule has 0 aliphatic carbocycles. The van der Waals surface area contributed by atoms with E-state index < -0.39 is 8.80 Å². The molecule has 0 saturated heterocycles. The lowest BCUT2D eigenvalue weighted by Crippen LogP contribution is -2.41. The van der Waals surface area contributed by atoms with E-state index in [4.69, 9.17) is 13.3 Å². The van der Waals surface area contributed by atoms with Crippen LogP contribution in [0.4, 0.5) is 0 Å². The standard InChI is InChI=1S/C11H22O3Si/c1-5-6-7-8-9-10-11-15(12-2,13-3)14-4/h5-9H2,1-4H3. The number of unbranched alkanes of at least 4 members (excludes halogenated alkanes) is 4. The summed E-state index contributed by atoms with van der Waals surface area (Å²) in [5.41, 5.74) is 2.98. The predicted molar refractivity (Wildman–Crippen MR) is 63.3 cm³/mol. The highest BCUT2D eigenvalue weighted by Crippen LogP contribution is 2.05. The van der Waals surface area contributed by atoms with Gasteiger partial charge in [-0.05, 0) is 12.0 Å². The lowest BCUT2D eigenvalue weighted by molar-refractivity contribution is 0.141. The van der Waals surface area contributed by atoms with Crippen LogP contribution in [-0.4, -0.2) is 30.1 Å². The molecule has 88 valence electrons. The van der Waals surface area contributed by atoms with Crippen molar-refractivity contribution < 1.29 is 13.3 Å². The van der Waals surface area contributed by atoms with Crippen molar-refractivity contribution in [2.45, 2.75) is 39.0 Å². The van der Waals surface area contributed by atoms with Crippen LogP contribution in [0.1, 0.15) is 39.0 Å². The van der Waals surface area contributed by atoms with Gasteiger partial charge in [-0.1, -0.05) is 26.2 Å². The first kappa shape index (κ1) is 14.7. The largest absolute Gasteiger partial charge is 0.590 e. The fraction of sp³-hybridized carbons (Fsp3) is 0.818. The Balaban J connectivity index is 3.90. The molecule has 3 nitrogen and oxygen atoms in total. The second kappa shape index (κ2) is 8.92. The van der Waals surface area contributed by atoms with E-state index in [2.05, 4.69) is 18.4 Å². The molecule has 0 spiro atoms. The normalized spacial score (nSPS) is 10.9. The van der Waals surface area contributed by atoms with E-state index in [-0.39, 0.29) is 0 Å². The molecular formula is C11H22O3Si. The molecule has 0 radical (unpaired) electrons. The van der Waals surface area contributed by atoms with Gasteiger partial charge in [0, 0.05) is 27.8 Å². The molecule has 0 rings (SSSR count). The van der Waals surface area contributed by atoms with Crippen molar-refractivity contribution in [2.24, 2.45) is 0 Å². The van der Waals surface area contributed by atoms with E-state index >= 15 is 0 Å². The Morgan fingerprint density at radius 3 is 2.00 bits per heavy atom. The van der Waals surface area contributed by atoms with E-state index in [9.17, 15) is 0 Å². The van der Waals surface area contributed by atoms with E-state index in [1.807, 2.05) is 0 Å². The van der Waals surface area contributed by atoms with Gasteiger partial charge in [0.05, 0.1) is 0 Å². The van der Waals surface area contributed by atoms with Gasteiger partial charge in [0.15, 0.2) is 0 Å². The summed E-state index contributed by atoms with van der Waals surface area (Å²) in [7, 11) is 2.08. The van der Waals surface area contributed by atoms with Crippen LogP contribution < -0.4 is 0 Å². The minimum absolute atomic E-state index is 0.894. The maximum absolute atomic E-state index is 5.18. The smallest absolute Gasteiger partial charge is 0.367 e. The topological polar surface area (TPSA) is 27.7 Å². The van der Waals surface area contributed by atoms with Gasteiger partial charge in [0.2, 0.25) is 0 Å². The summed E-state index contributed by atoms with van der Waals surface area (Å²) in [5.74, 6) is 3.07. The number of hydrogen-bond acceptors (Lipinski definition) is 3. The third kappa shape index (κ3) is 5.95. The first-order chi connectivity index (χ1) is 7.24. The molecule has 0 bridgehead atoms. The molecule has 0 fully saturated rings. The van der Waals surface area contributed by atoms with Crippen molar-refractivity contribution in [3.63, 3.8) is 0 Å². The summed E-state index contributed by atoms with van der Waals surface area (Å²) in [6.07, 6.45) is 5.81. The maximum atomic E-state index is 5.18. The molecule has 0 aromatic heterocycles. The van der Waals surface area contributed by atoms with E-state index in [1.54, 1.807) is 21.3 Å². The zero-order chi connectivity index (χ0) is 11.6. The van der Waals surface area contributed by atoms with Crippen molar-refractivity contribution in [2.75, 3.05) is 21.3 Å². The molecule has 0 unspecified atom stereocenters. The third-order valence-electron chi connectivity index (χ3n) is 2.20. The molecule has 15 heavy (non-hydrogen) atoms. The third-order valence-corrected chi connectivity index (χ3v) is 4.30. The summed E-state index contributed by atoms with van der Waals surface area (Å²) >= 11 is 0. The van der Waals surface area contributed by atoms with Crippen molar-refractivity contribution >= 4 is 8.80 Å². The van der Waals surface area contributed by atoms with Crippen LogP contribution in [0, 0.1) is 11.5 Å². The average molecular weight is 230 g/mol. The fourth-order valence-electron chi connectivity index (χ4n) is 1.21. The summed E-state index contributed by atoms with van der Waals surface area (Å²) in [6, 6.07) is 0. The second-order valence-corrected chi connectivity index (χ2v) is 5.87. The Kier molecular flexibility index (Phi) is 8.72. The molecule has 0 atom stereocenters. The van der Waals surface area contributed by atoms with Gasteiger partial charge in [-0.2, -0.15) is 0 Å². The Bertz CT molecular complexity index is 195. The van der Waals surface area contributed by atoms with Gasteiger partial charge in [-0.25, -0.2) is 0 Å². The minimum atomic E-state index is -2.65. The highest BCUT2D eigenvalue weighted by Gasteiger charge is 2.36. The van der Waals surface area contributed by atoms with Crippen molar-refractivity contribution in [3.05, 3.63) is 0 Å². The van der Waals surface area contributed by atoms with Crippen molar-refractivity contribution in [3.8, 4) is 11.5 Å². The van der Waals surface area contributed by atoms with E-state index in [0.717, 1.165) is 12.8 Å². The predicted octanol–water partition coefficient (Wildman–Crippen LogP) is 2.38. The Hall–Kier alpha value is -0.343. The van der Waals surface area contributed by atoms with Crippen LogP contribution >= 0.6 is 0 Å². The first-order valence-corrected chi connectivity index (χ1v) is 7.12. The van der Waals surface area contributed by atoms with E-state index in [1.165, 1.54) is 19.3 Å². The Morgan fingerprint density at radius 2 is 1.53 bits per heavy atom. The van der Waals surface area contributed by atoms with Crippen LogP contribution in [-0.2, 0) is 13.3 Å². The zero-order valence-electron chi connectivity index (χ0n) is 10.3. The zero-order valence-corrected chi connectivity index (χ0v) is 11.3. The fourth-order valence-corrected chi connectivity index (χ4v) is 2.36. The molecule has 0 amide bonds. The van der Waals surface area contributed by atoms with Crippen LogP contribution in [0.15, 0.2) is 0 Å². The van der Waals surface area contributed by atoms with Gasteiger partial charge in [0.1, 0.15) is 0 Å². The summed E-state index contributed by atoms with van der Waals surface area (Å²) < 4.78 is 15.6. The first-order valence-electron chi connectivity index (χ1n) is 5.40.